The van der Waals surface area contributed by atoms with Crippen molar-refractivity contribution in [2.75, 3.05) is 0 Å². The Morgan fingerprint density at radius 2 is 1.52 bits per heavy atom. The molecule has 0 radical (unpaired) electrons. The van der Waals surface area contributed by atoms with Crippen LogP contribution in [0.15, 0.2) is 49.1 Å². The van der Waals surface area contributed by atoms with Crippen LogP contribution in [0.5, 0.6) is 0 Å². The van der Waals surface area contributed by atoms with Gasteiger partial charge in [0.2, 0.25) is 6.33 Å². The lowest BCUT2D eigenvalue weighted by Gasteiger charge is -2.00. The van der Waals surface area contributed by atoms with Crippen molar-refractivity contribution in [1.82, 2.24) is 4.57 Å². The number of imidazole rings is 1. The van der Waals surface area contributed by atoms with Gasteiger partial charge in [-0.3, -0.25) is 0 Å². The summed E-state index contributed by atoms with van der Waals surface area (Å²) in [5, 5.41) is 0. The Morgan fingerprint density at radius 1 is 0.870 bits per heavy atom. The molecule has 2 nitrogen and oxygen atoms in total. The summed E-state index contributed by atoms with van der Waals surface area (Å²) in [6, 6.07) is 10.6. The van der Waals surface area contributed by atoms with Gasteiger partial charge in [-0.2, -0.15) is 0 Å². The quantitative estimate of drug-likeness (QED) is 0.439. The molecular weight excluding hydrogens is 304 g/mol. The Morgan fingerprint density at radius 3 is 2.22 bits per heavy atom. The number of rotatable bonds is 11. The first-order chi connectivity index (χ1) is 10.9. The normalized spacial score (nSPS) is 10.5. The maximum Gasteiger partial charge on any atom is 0.244 e. The second-order valence-electron chi connectivity index (χ2n) is 6.28. The molecule has 0 amide bonds. The predicted molar refractivity (Wildman–Crippen MR) is 92.8 cm³/mol. The lowest BCUT2D eigenvalue weighted by atomic mass is 10.1. The van der Waals surface area contributed by atoms with Gasteiger partial charge in [0.25, 0.3) is 0 Å². The van der Waals surface area contributed by atoms with Gasteiger partial charge in [-0.25, -0.2) is 9.13 Å². The zero-order valence-electron chi connectivity index (χ0n) is 14.5. The molecule has 0 bridgehead atoms. The molecule has 1 heterocycles. The van der Waals surface area contributed by atoms with Crippen LogP contribution in [0.3, 0.4) is 0 Å². The van der Waals surface area contributed by atoms with Gasteiger partial charge in [-0.05, 0) is 18.4 Å². The second kappa shape index (κ2) is 12.2. The fourth-order valence-corrected chi connectivity index (χ4v) is 2.89. The van der Waals surface area contributed by atoms with E-state index in [1.54, 1.807) is 0 Å². The Kier molecular flexibility index (Phi) is 10.5. The highest BCUT2D eigenvalue weighted by molar-refractivity contribution is 5.13. The molecular formula is C20H31ClN2. The number of aromatic nitrogens is 2. The molecule has 0 spiro atoms. The van der Waals surface area contributed by atoms with Crippen molar-refractivity contribution in [2.24, 2.45) is 0 Å². The van der Waals surface area contributed by atoms with Crippen LogP contribution in [0.2, 0.25) is 0 Å². The van der Waals surface area contributed by atoms with E-state index in [2.05, 4.69) is 65.1 Å². The minimum absolute atomic E-state index is 0. The molecule has 3 heteroatoms. The zero-order chi connectivity index (χ0) is 15.5. The van der Waals surface area contributed by atoms with E-state index in [-0.39, 0.29) is 12.4 Å². The molecule has 0 saturated heterocycles. The Hall–Kier alpha value is -1.28. The van der Waals surface area contributed by atoms with E-state index in [0.717, 1.165) is 13.1 Å². The number of hydrogen-bond acceptors (Lipinski definition) is 0. The van der Waals surface area contributed by atoms with Crippen LogP contribution in [0.25, 0.3) is 0 Å². The minimum atomic E-state index is 0. The van der Waals surface area contributed by atoms with E-state index in [1.165, 1.54) is 56.9 Å². The first kappa shape index (κ1) is 19.8. The average Bonchev–Trinajstić information content (AvgIpc) is 2.98. The molecule has 2 rings (SSSR count). The number of aryl methyl sites for hydroxylation is 1. The molecule has 0 fully saturated rings. The van der Waals surface area contributed by atoms with Crippen LogP contribution in [-0.4, -0.2) is 4.57 Å². The van der Waals surface area contributed by atoms with Crippen molar-refractivity contribution in [3.8, 4) is 0 Å². The van der Waals surface area contributed by atoms with E-state index < -0.39 is 0 Å². The highest BCUT2D eigenvalue weighted by Crippen LogP contribution is 2.09. The van der Waals surface area contributed by atoms with Gasteiger partial charge in [-0.15, -0.1) is 0 Å². The van der Waals surface area contributed by atoms with E-state index >= 15 is 0 Å². The third kappa shape index (κ3) is 8.22. The van der Waals surface area contributed by atoms with Crippen LogP contribution in [0.1, 0.15) is 63.9 Å². The molecule has 128 valence electrons. The molecule has 1 aromatic heterocycles. The smallest absolute Gasteiger partial charge is 0.244 e. The fourth-order valence-electron chi connectivity index (χ4n) is 2.89. The largest absolute Gasteiger partial charge is 1.00 e. The monoisotopic (exact) mass is 334 g/mol. The van der Waals surface area contributed by atoms with Gasteiger partial charge in [-0.1, -0.05) is 75.8 Å². The van der Waals surface area contributed by atoms with Crippen molar-refractivity contribution in [3.63, 3.8) is 0 Å². The van der Waals surface area contributed by atoms with E-state index in [4.69, 9.17) is 0 Å². The molecule has 0 aliphatic carbocycles. The van der Waals surface area contributed by atoms with Crippen LogP contribution in [0, 0.1) is 0 Å². The summed E-state index contributed by atoms with van der Waals surface area (Å²) in [5.41, 5.74) is 1.36. The Labute approximate surface area is 148 Å². The van der Waals surface area contributed by atoms with Crippen molar-refractivity contribution < 1.29 is 17.0 Å². The van der Waals surface area contributed by atoms with Gasteiger partial charge >= 0.3 is 0 Å². The lowest BCUT2D eigenvalue weighted by molar-refractivity contribution is -0.687. The number of hydrogen-bond donors (Lipinski definition) is 0. The van der Waals surface area contributed by atoms with Gasteiger partial charge in [0.15, 0.2) is 0 Å². The van der Waals surface area contributed by atoms with Gasteiger partial charge in [0.1, 0.15) is 18.9 Å². The van der Waals surface area contributed by atoms with E-state index in [9.17, 15) is 0 Å². The summed E-state index contributed by atoms with van der Waals surface area (Å²) < 4.78 is 4.58. The molecule has 0 aliphatic rings. The average molecular weight is 335 g/mol. The van der Waals surface area contributed by atoms with Crippen LogP contribution in [-0.2, 0) is 13.1 Å². The molecule has 0 unspecified atom stereocenters. The van der Waals surface area contributed by atoms with Gasteiger partial charge in [0, 0.05) is 0 Å². The van der Waals surface area contributed by atoms with Crippen molar-refractivity contribution >= 4 is 0 Å². The fraction of sp³-hybridized carbons (Fsp3) is 0.550. The third-order valence-electron chi connectivity index (χ3n) is 4.22. The summed E-state index contributed by atoms with van der Waals surface area (Å²) in [4.78, 5) is 0. The highest BCUT2D eigenvalue weighted by atomic mass is 35.5. The Balaban J connectivity index is 0.00000264. The topological polar surface area (TPSA) is 8.81 Å². The van der Waals surface area contributed by atoms with Crippen LogP contribution >= 0.6 is 0 Å². The first-order valence-electron chi connectivity index (χ1n) is 8.97. The van der Waals surface area contributed by atoms with Gasteiger partial charge in [0.05, 0.1) is 6.54 Å². The van der Waals surface area contributed by atoms with Crippen molar-refractivity contribution in [3.05, 3.63) is 54.6 Å². The number of nitrogens with zero attached hydrogens (tertiary/aromatic N) is 2. The molecule has 0 N–H and O–H groups in total. The summed E-state index contributed by atoms with van der Waals surface area (Å²) in [5.74, 6) is 0. The maximum atomic E-state index is 2.32. The Bertz CT molecular complexity index is 507. The zero-order valence-corrected chi connectivity index (χ0v) is 15.2. The van der Waals surface area contributed by atoms with Gasteiger partial charge < -0.3 is 12.4 Å². The van der Waals surface area contributed by atoms with E-state index in [1.807, 2.05) is 0 Å². The first-order valence-corrected chi connectivity index (χ1v) is 8.97. The third-order valence-corrected chi connectivity index (χ3v) is 4.22. The standard InChI is InChI=1S/C20H31N2.ClH/c1-2-3-4-5-6-7-8-12-15-21-16-17-22(19-21)18-20-13-10-9-11-14-20;/h9-11,13-14,16-17,19H,2-8,12,15,18H2,1H3;1H/q+1;/p-1. The molecule has 2 aromatic rings. The molecule has 0 saturated carbocycles. The SMILES string of the molecule is CCCCCCCCCCn1cc[n+](Cc2ccccc2)c1.[Cl-]. The summed E-state index contributed by atoms with van der Waals surface area (Å²) >= 11 is 0. The summed E-state index contributed by atoms with van der Waals surface area (Å²) in [6.07, 6.45) is 17.7. The summed E-state index contributed by atoms with van der Waals surface area (Å²) in [6.45, 7) is 4.39. The molecule has 0 atom stereocenters. The maximum absolute atomic E-state index is 2.32. The number of unbranched alkanes of at least 4 members (excludes halogenated alkanes) is 7. The second-order valence-corrected chi connectivity index (χ2v) is 6.28. The summed E-state index contributed by atoms with van der Waals surface area (Å²) in [7, 11) is 0. The number of benzene rings is 1. The minimum Gasteiger partial charge on any atom is -1.00 e. The van der Waals surface area contributed by atoms with Crippen molar-refractivity contribution in [1.29, 1.82) is 0 Å². The number of halogens is 1. The highest BCUT2D eigenvalue weighted by Gasteiger charge is 2.04. The van der Waals surface area contributed by atoms with Crippen molar-refractivity contribution in [2.45, 2.75) is 71.4 Å². The van der Waals surface area contributed by atoms with Crippen LogP contribution in [0.4, 0.5) is 0 Å². The van der Waals surface area contributed by atoms with E-state index in [0.29, 0.717) is 0 Å². The predicted octanol–water partition coefficient (Wildman–Crippen LogP) is 1.97. The lowest BCUT2D eigenvalue weighted by Crippen LogP contribution is -3.00. The molecule has 0 aliphatic heterocycles. The van der Waals surface area contributed by atoms with Crippen LogP contribution < -0.4 is 17.0 Å². The molecule has 1 aromatic carbocycles. The molecule has 23 heavy (non-hydrogen) atoms.